The number of nitrogens with one attached hydrogen (secondary N) is 1. The zero-order valence-corrected chi connectivity index (χ0v) is 11.1. The summed E-state index contributed by atoms with van der Waals surface area (Å²) in [6.07, 6.45) is -2.86. The molecular formula is C12H21F3N2O. The minimum Gasteiger partial charge on any atom is -0.348 e. The van der Waals surface area contributed by atoms with Crippen LogP contribution in [0.2, 0.25) is 0 Å². The second kappa shape index (κ2) is 5.47. The van der Waals surface area contributed by atoms with Gasteiger partial charge >= 0.3 is 12.1 Å². The van der Waals surface area contributed by atoms with Crippen LogP contribution in [0, 0.1) is 11.3 Å². The van der Waals surface area contributed by atoms with Crippen molar-refractivity contribution in [3.05, 3.63) is 0 Å². The van der Waals surface area contributed by atoms with Crippen LogP contribution in [0.3, 0.4) is 0 Å². The van der Waals surface area contributed by atoms with E-state index in [4.69, 9.17) is 0 Å². The van der Waals surface area contributed by atoms with E-state index in [1.54, 1.807) is 0 Å². The summed E-state index contributed by atoms with van der Waals surface area (Å²) in [5.74, 6) is -1.49. The molecule has 3 nitrogen and oxygen atoms in total. The molecule has 1 amide bonds. The Hall–Kier alpha value is -0.780. The highest BCUT2D eigenvalue weighted by atomic mass is 19.4. The topological polar surface area (TPSA) is 32.3 Å². The predicted molar refractivity (Wildman–Crippen MR) is 63.1 cm³/mol. The van der Waals surface area contributed by atoms with Gasteiger partial charge in [0.1, 0.15) is 0 Å². The summed E-state index contributed by atoms with van der Waals surface area (Å²) >= 11 is 0. The van der Waals surface area contributed by atoms with Gasteiger partial charge < -0.3 is 10.2 Å². The van der Waals surface area contributed by atoms with Crippen molar-refractivity contribution < 1.29 is 18.0 Å². The molecule has 0 aliphatic carbocycles. The number of hydrogen-bond acceptors (Lipinski definition) is 2. The summed E-state index contributed by atoms with van der Waals surface area (Å²) < 4.78 is 36.3. The summed E-state index contributed by atoms with van der Waals surface area (Å²) in [7, 11) is 2.04. The van der Waals surface area contributed by atoms with Crippen molar-refractivity contribution in [3.63, 3.8) is 0 Å². The molecule has 6 heteroatoms. The van der Waals surface area contributed by atoms with Crippen molar-refractivity contribution in [1.29, 1.82) is 0 Å². The van der Waals surface area contributed by atoms with Gasteiger partial charge in [-0.15, -0.1) is 0 Å². The van der Waals surface area contributed by atoms with E-state index >= 15 is 0 Å². The van der Waals surface area contributed by atoms with Crippen LogP contribution in [0.4, 0.5) is 13.2 Å². The number of halogens is 3. The average molecular weight is 266 g/mol. The van der Waals surface area contributed by atoms with Crippen LogP contribution in [0.5, 0.6) is 0 Å². The van der Waals surface area contributed by atoms with Crippen LogP contribution < -0.4 is 5.32 Å². The van der Waals surface area contributed by atoms with Gasteiger partial charge in [-0.2, -0.15) is 13.2 Å². The molecule has 18 heavy (non-hydrogen) atoms. The number of nitrogens with zero attached hydrogens (tertiary/aromatic N) is 1. The zero-order valence-electron chi connectivity index (χ0n) is 11.1. The second-order valence-corrected chi connectivity index (χ2v) is 5.75. The number of piperidine rings is 1. The molecule has 0 unspecified atom stereocenters. The van der Waals surface area contributed by atoms with Crippen molar-refractivity contribution >= 4 is 5.91 Å². The molecule has 106 valence electrons. The molecule has 0 aromatic rings. The lowest BCUT2D eigenvalue weighted by Gasteiger charge is -2.39. The van der Waals surface area contributed by atoms with E-state index in [0.29, 0.717) is 5.92 Å². The maximum absolute atomic E-state index is 12.1. The van der Waals surface area contributed by atoms with Crippen LogP contribution in [0.1, 0.15) is 26.7 Å². The van der Waals surface area contributed by atoms with Crippen LogP contribution in [0.25, 0.3) is 0 Å². The van der Waals surface area contributed by atoms with Crippen molar-refractivity contribution in [2.45, 2.75) is 32.9 Å². The molecule has 1 saturated heterocycles. The van der Waals surface area contributed by atoms with Crippen molar-refractivity contribution in [1.82, 2.24) is 10.2 Å². The number of alkyl halides is 3. The van der Waals surface area contributed by atoms with Gasteiger partial charge in [-0.3, -0.25) is 4.79 Å². The van der Waals surface area contributed by atoms with E-state index in [2.05, 4.69) is 4.90 Å². The van der Waals surface area contributed by atoms with E-state index < -0.39 is 12.1 Å². The lowest BCUT2D eigenvalue weighted by Crippen LogP contribution is -2.46. The summed E-state index contributed by atoms with van der Waals surface area (Å²) in [6.45, 7) is 5.82. The molecule has 0 atom stereocenters. The maximum atomic E-state index is 12.1. The minimum atomic E-state index is -4.79. The van der Waals surface area contributed by atoms with Crippen LogP contribution in [0.15, 0.2) is 0 Å². The average Bonchev–Trinajstić information content (AvgIpc) is 2.25. The highest BCUT2D eigenvalue weighted by Gasteiger charge is 2.40. The summed E-state index contributed by atoms with van der Waals surface area (Å²) in [5.41, 5.74) is -0.303. The highest BCUT2D eigenvalue weighted by molar-refractivity contribution is 5.81. The molecule has 0 bridgehead atoms. The second-order valence-electron chi connectivity index (χ2n) is 5.75. The quantitative estimate of drug-likeness (QED) is 0.847. The Morgan fingerprint density at radius 3 is 2.22 bits per heavy atom. The molecule has 0 spiro atoms. The zero-order chi connectivity index (χ0) is 14.0. The molecule has 1 aliphatic heterocycles. The molecule has 1 aliphatic rings. The summed E-state index contributed by atoms with van der Waals surface area (Å²) in [6, 6.07) is 0. The minimum absolute atomic E-state index is 0.0692. The van der Waals surface area contributed by atoms with Gasteiger partial charge in [0.05, 0.1) is 0 Å². The Kier molecular flexibility index (Phi) is 4.64. The number of hydrogen-bond donors (Lipinski definition) is 1. The molecular weight excluding hydrogens is 245 g/mol. The third-order valence-electron chi connectivity index (χ3n) is 3.79. The number of amides is 1. The van der Waals surface area contributed by atoms with Gasteiger partial charge in [0.2, 0.25) is 0 Å². The largest absolute Gasteiger partial charge is 0.471 e. The van der Waals surface area contributed by atoms with Gasteiger partial charge in [-0.25, -0.2) is 0 Å². The molecule has 0 aromatic carbocycles. The van der Waals surface area contributed by atoms with E-state index in [-0.39, 0.29) is 12.0 Å². The Morgan fingerprint density at radius 1 is 1.28 bits per heavy atom. The Labute approximate surface area is 106 Å². The first-order chi connectivity index (χ1) is 8.13. The van der Waals surface area contributed by atoms with Crippen molar-refractivity contribution in [2.24, 2.45) is 11.3 Å². The Bertz CT molecular complexity index is 294. The number of rotatable bonds is 3. The molecule has 1 fully saturated rings. The van der Waals surface area contributed by atoms with E-state index in [1.165, 1.54) is 0 Å². The molecule has 0 aromatic heterocycles. The third kappa shape index (κ3) is 4.15. The maximum Gasteiger partial charge on any atom is 0.471 e. The molecule has 0 radical (unpaired) electrons. The lowest BCUT2D eigenvalue weighted by atomic mass is 9.73. The highest BCUT2D eigenvalue weighted by Crippen LogP contribution is 2.34. The van der Waals surface area contributed by atoms with Gasteiger partial charge in [-0.1, -0.05) is 13.8 Å². The first kappa shape index (κ1) is 15.3. The van der Waals surface area contributed by atoms with Crippen LogP contribution in [-0.2, 0) is 4.79 Å². The van der Waals surface area contributed by atoms with Gasteiger partial charge in [0.25, 0.3) is 0 Å². The summed E-state index contributed by atoms with van der Waals surface area (Å²) in [4.78, 5) is 13.0. The Balaban J connectivity index is 2.47. The van der Waals surface area contributed by atoms with Gasteiger partial charge in [0, 0.05) is 6.54 Å². The fourth-order valence-corrected chi connectivity index (χ4v) is 2.34. The van der Waals surface area contributed by atoms with Crippen LogP contribution >= 0.6 is 0 Å². The van der Waals surface area contributed by atoms with Gasteiger partial charge in [0.15, 0.2) is 0 Å². The summed E-state index contributed by atoms with van der Waals surface area (Å²) in [5, 5.41) is 1.99. The standard InChI is InChI=1S/C12H21F3N2O/c1-11(2,8-16-10(18)12(13,14)15)9-4-6-17(3)7-5-9/h9H,4-8H2,1-3H3,(H,16,18). The fraction of sp³-hybridized carbons (Fsp3) is 0.917. The molecule has 1 N–H and O–H groups in total. The SMILES string of the molecule is CN1CCC(C(C)(C)CNC(=O)C(F)(F)F)CC1. The van der Waals surface area contributed by atoms with Gasteiger partial charge in [-0.05, 0) is 44.3 Å². The molecule has 0 saturated carbocycles. The van der Waals surface area contributed by atoms with E-state index in [0.717, 1.165) is 25.9 Å². The first-order valence-electron chi connectivity index (χ1n) is 6.16. The number of likely N-dealkylation sites (tertiary alicyclic amines) is 1. The lowest BCUT2D eigenvalue weighted by molar-refractivity contribution is -0.174. The predicted octanol–water partition coefficient (Wildman–Crippen LogP) is 2.03. The number of carbonyl (C=O) groups is 1. The molecule has 1 heterocycles. The normalized spacial score (nSPS) is 19.9. The monoisotopic (exact) mass is 266 g/mol. The molecule has 1 rings (SSSR count). The van der Waals surface area contributed by atoms with Crippen molar-refractivity contribution in [3.8, 4) is 0 Å². The number of carbonyl (C=O) groups excluding carboxylic acids is 1. The van der Waals surface area contributed by atoms with E-state index in [1.807, 2.05) is 26.2 Å². The third-order valence-corrected chi connectivity index (χ3v) is 3.79. The van der Waals surface area contributed by atoms with Crippen LogP contribution in [-0.4, -0.2) is 43.7 Å². The van der Waals surface area contributed by atoms with E-state index in [9.17, 15) is 18.0 Å². The fourth-order valence-electron chi connectivity index (χ4n) is 2.34. The first-order valence-corrected chi connectivity index (χ1v) is 6.16. The Morgan fingerprint density at radius 2 is 1.78 bits per heavy atom. The van der Waals surface area contributed by atoms with Crippen molar-refractivity contribution in [2.75, 3.05) is 26.7 Å². The smallest absolute Gasteiger partial charge is 0.348 e.